The normalized spacial score (nSPS) is 15.2. The van der Waals surface area contributed by atoms with E-state index in [1.54, 1.807) is 9.80 Å². The number of rotatable bonds is 13. The summed E-state index contributed by atoms with van der Waals surface area (Å²) in [5.41, 5.74) is 0. The Balaban J connectivity index is 2.54. The molecule has 26 heavy (non-hydrogen) atoms. The second kappa shape index (κ2) is 11.1. The fourth-order valence-electron chi connectivity index (χ4n) is 2.31. The van der Waals surface area contributed by atoms with Crippen molar-refractivity contribution in [3.8, 4) is 0 Å². The Labute approximate surface area is 148 Å². The zero-order valence-electron chi connectivity index (χ0n) is 14.0. The number of ether oxygens (including phenoxy) is 2. The minimum atomic E-state index is -1.16. The third-order valence-corrected chi connectivity index (χ3v) is 3.44. The minimum absolute atomic E-state index is 0.0434. The summed E-state index contributed by atoms with van der Waals surface area (Å²) < 4.78 is 9.11. The second-order valence-corrected chi connectivity index (χ2v) is 5.56. The largest absolute Gasteiger partial charge is 0.480 e. The Morgan fingerprint density at radius 2 is 1.58 bits per heavy atom. The number of carbonyl (C=O) groups excluding carboxylic acids is 3. The van der Waals surface area contributed by atoms with Crippen molar-refractivity contribution in [1.29, 1.82) is 0 Å². The zero-order chi connectivity index (χ0) is 19.5. The maximum absolute atomic E-state index is 11.2. The van der Waals surface area contributed by atoms with Gasteiger partial charge in [0.05, 0.1) is 26.2 Å². The van der Waals surface area contributed by atoms with Crippen molar-refractivity contribution in [3.63, 3.8) is 0 Å². The number of morpholine rings is 1. The fraction of sp³-hybridized carbons (Fsp3) is 0.643. The van der Waals surface area contributed by atoms with Gasteiger partial charge in [0.1, 0.15) is 6.73 Å². The van der Waals surface area contributed by atoms with Crippen LogP contribution in [0.2, 0.25) is 0 Å². The number of carbonyl (C=O) groups is 5. The molecule has 0 aliphatic carbocycles. The van der Waals surface area contributed by atoms with Crippen LogP contribution in [0.15, 0.2) is 0 Å². The van der Waals surface area contributed by atoms with Crippen LogP contribution in [-0.4, -0.2) is 114 Å². The maximum atomic E-state index is 11.2. The van der Waals surface area contributed by atoms with E-state index in [2.05, 4.69) is 9.47 Å². The number of aliphatic carboxylic acids is 2. The number of carboxylic acid groups (broad SMARTS) is 2. The summed E-state index contributed by atoms with van der Waals surface area (Å²) in [5.74, 6) is -3.61. The summed E-state index contributed by atoms with van der Waals surface area (Å²) in [7, 11) is 0. The van der Waals surface area contributed by atoms with Gasteiger partial charge in [-0.1, -0.05) is 0 Å². The molecular weight excluding hydrogens is 354 g/mol. The van der Waals surface area contributed by atoms with Gasteiger partial charge in [0.15, 0.2) is 0 Å². The molecule has 1 saturated heterocycles. The third-order valence-electron chi connectivity index (χ3n) is 3.44. The first kappa shape index (κ1) is 21.5. The molecule has 1 fully saturated rings. The van der Waals surface area contributed by atoms with Crippen molar-refractivity contribution in [1.82, 2.24) is 14.7 Å². The molecular formula is C14H21N3O9. The molecule has 12 heteroatoms. The van der Waals surface area contributed by atoms with E-state index in [4.69, 9.17) is 10.2 Å². The molecule has 0 radical (unpaired) electrons. The lowest BCUT2D eigenvalue weighted by Crippen LogP contribution is -2.47. The standard InChI is InChI=1S/C14H21N3O9/c18-10-25-9-15(1-3-16(5-11(19)20)6-12(21)22)2-4-17-7-13(23)26-14(24)8-17/h10H,1-9H2,(H,19,20)(H,21,22). The van der Waals surface area contributed by atoms with Gasteiger partial charge in [0.2, 0.25) is 0 Å². The van der Waals surface area contributed by atoms with Crippen LogP contribution in [-0.2, 0) is 33.4 Å². The summed E-state index contributed by atoms with van der Waals surface area (Å²) >= 11 is 0. The highest BCUT2D eigenvalue weighted by atomic mass is 16.6. The molecule has 12 nitrogen and oxygen atoms in total. The number of nitrogens with zero attached hydrogens (tertiary/aromatic N) is 3. The van der Waals surface area contributed by atoms with Crippen LogP contribution >= 0.6 is 0 Å². The first-order valence-electron chi connectivity index (χ1n) is 7.69. The highest BCUT2D eigenvalue weighted by Gasteiger charge is 2.25. The lowest BCUT2D eigenvalue weighted by atomic mass is 10.3. The fourth-order valence-corrected chi connectivity index (χ4v) is 2.31. The zero-order valence-corrected chi connectivity index (χ0v) is 14.0. The van der Waals surface area contributed by atoms with E-state index in [0.29, 0.717) is 13.1 Å². The molecule has 0 unspecified atom stereocenters. The monoisotopic (exact) mass is 375 g/mol. The van der Waals surface area contributed by atoms with Crippen LogP contribution in [0.25, 0.3) is 0 Å². The molecule has 0 atom stereocenters. The maximum Gasteiger partial charge on any atom is 0.327 e. The number of hydrogen-bond donors (Lipinski definition) is 2. The lowest BCUT2D eigenvalue weighted by molar-refractivity contribution is -0.166. The van der Waals surface area contributed by atoms with E-state index in [1.807, 2.05) is 0 Å². The van der Waals surface area contributed by atoms with Gasteiger partial charge in [0.25, 0.3) is 6.47 Å². The Bertz CT molecular complexity index is 508. The molecule has 1 aliphatic heterocycles. The van der Waals surface area contributed by atoms with E-state index in [0.717, 1.165) is 0 Å². The average molecular weight is 375 g/mol. The molecule has 146 valence electrons. The highest BCUT2D eigenvalue weighted by molar-refractivity contribution is 5.90. The van der Waals surface area contributed by atoms with Crippen LogP contribution in [0, 0.1) is 0 Å². The quantitative estimate of drug-likeness (QED) is 0.149. The van der Waals surface area contributed by atoms with E-state index in [9.17, 15) is 24.0 Å². The SMILES string of the molecule is O=COCN(CCN(CC(=O)O)CC(=O)O)CCN1CC(=O)OC(=O)C1. The molecule has 0 bridgehead atoms. The number of esters is 2. The first-order chi connectivity index (χ1) is 12.3. The van der Waals surface area contributed by atoms with Gasteiger partial charge in [-0.05, 0) is 0 Å². The summed E-state index contributed by atoms with van der Waals surface area (Å²) in [6, 6.07) is 0. The Kier molecular flexibility index (Phi) is 9.19. The highest BCUT2D eigenvalue weighted by Crippen LogP contribution is 2.01. The number of carboxylic acids is 2. The van der Waals surface area contributed by atoms with Gasteiger partial charge in [-0.3, -0.25) is 38.7 Å². The van der Waals surface area contributed by atoms with Gasteiger partial charge in [-0.2, -0.15) is 0 Å². The molecule has 0 aromatic rings. The van der Waals surface area contributed by atoms with Crippen molar-refractivity contribution in [2.24, 2.45) is 0 Å². The predicted molar refractivity (Wildman–Crippen MR) is 82.8 cm³/mol. The van der Waals surface area contributed by atoms with Crippen molar-refractivity contribution in [2.45, 2.75) is 0 Å². The molecule has 0 aromatic heterocycles. The van der Waals surface area contributed by atoms with Gasteiger partial charge < -0.3 is 19.7 Å². The summed E-state index contributed by atoms with van der Waals surface area (Å²) in [6.45, 7) is 0.134. The molecule has 0 amide bonds. The molecule has 1 aliphatic rings. The number of cyclic esters (lactones) is 2. The van der Waals surface area contributed by atoms with Crippen LogP contribution in [0.5, 0.6) is 0 Å². The Hall–Kier alpha value is -2.57. The van der Waals surface area contributed by atoms with Crippen LogP contribution in [0.4, 0.5) is 0 Å². The molecule has 0 saturated carbocycles. The number of hydrogen-bond acceptors (Lipinski definition) is 10. The Morgan fingerprint density at radius 1 is 1.04 bits per heavy atom. The van der Waals surface area contributed by atoms with E-state index in [1.165, 1.54) is 4.90 Å². The minimum Gasteiger partial charge on any atom is -0.480 e. The van der Waals surface area contributed by atoms with Gasteiger partial charge in [-0.15, -0.1) is 0 Å². The summed E-state index contributed by atoms with van der Waals surface area (Å²) in [4.78, 5) is 58.9. The van der Waals surface area contributed by atoms with Gasteiger partial charge in [0, 0.05) is 26.2 Å². The van der Waals surface area contributed by atoms with Crippen molar-refractivity contribution in [2.75, 3.05) is 59.1 Å². The molecule has 0 spiro atoms. The predicted octanol–water partition coefficient (Wildman–Crippen LogP) is -2.72. The van der Waals surface area contributed by atoms with Crippen molar-refractivity contribution < 1.29 is 43.7 Å². The second-order valence-electron chi connectivity index (χ2n) is 5.56. The van der Waals surface area contributed by atoms with E-state index < -0.39 is 37.0 Å². The van der Waals surface area contributed by atoms with Gasteiger partial charge >= 0.3 is 23.9 Å². The third kappa shape index (κ3) is 9.05. The van der Waals surface area contributed by atoms with Crippen molar-refractivity contribution in [3.05, 3.63) is 0 Å². The molecule has 2 N–H and O–H groups in total. The molecule has 0 aromatic carbocycles. The van der Waals surface area contributed by atoms with Crippen LogP contribution in [0.1, 0.15) is 0 Å². The molecule has 1 heterocycles. The smallest absolute Gasteiger partial charge is 0.327 e. The van der Waals surface area contributed by atoms with E-state index in [-0.39, 0.29) is 39.4 Å². The Morgan fingerprint density at radius 3 is 2.08 bits per heavy atom. The van der Waals surface area contributed by atoms with E-state index >= 15 is 0 Å². The van der Waals surface area contributed by atoms with Gasteiger partial charge in [-0.25, -0.2) is 0 Å². The van der Waals surface area contributed by atoms with Crippen LogP contribution < -0.4 is 0 Å². The molecule has 1 rings (SSSR count). The van der Waals surface area contributed by atoms with Crippen molar-refractivity contribution >= 4 is 30.3 Å². The summed E-state index contributed by atoms with van der Waals surface area (Å²) in [5, 5.41) is 17.7. The lowest BCUT2D eigenvalue weighted by Gasteiger charge is -2.29. The average Bonchev–Trinajstić information content (AvgIpc) is 2.52. The topological polar surface area (TPSA) is 154 Å². The van der Waals surface area contributed by atoms with Crippen LogP contribution in [0.3, 0.4) is 0 Å². The summed E-state index contributed by atoms with van der Waals surface area (Å²) in [6.07, 6.45) is 0. The first-order valence-corrected chi connectivity index (χ1v) is 7.69.